The second-order valence-electron chi connectivity index (χ2n) is 5.72. The fourth-order valence-electron chi connectivity index (χ4n) is 2.29. The topological polar surface area (TPSA) is 83.5 Å². The first kappa shape index (κ1) is 18.8. The van der Waals surface area contributed by atoms with Crippen molar-refractivity contribution in [1.82, 2.24) is 10.4 Å². The number of amides is 2. The van der Waals surface area contributed by atoms with Gasteiger partial charge in [0.2, 0.25) is 0 Å². The van der Waals surface area contributed by atoms with Crippen molar-refractivity contribution in [3.05, 3.63) is 69.8 Å². The maximum absolute atomic E-state index is 11.8. The average molecular weight is 401 g/mol. The van der Waals surface area contributed by atoms with E-state index >= 15 is 0 Å². The van der Waals surface area contributed by atoms with Crippen molar-refractivity contribution in [3.8, 4) is 0 Å². The number of nitrogens with one attached hydrogen (secondary N) is 2. The lowest BCUT2D eigenvalue weighted by Gasteiger charge is -2.04. The van der Waals surface area contributed by atoms with Gasteiger partial charge >= 0.3 is 11.8 Å². The SMILES string of the molecule is Cc1ccc2cc(C=NNC(=O)C(=O)Nc3ccc(Cl)cc3)c(Cl)nc2c1. The standard InChI is InChI=1S/C19H14Cl2N4O2/c1-11-2-3-12-9-13(17(21)24-16(12)8-11)10-22-25-19(27)18(26)23-15-6-4-14(20)5-7-15/h2-10H,1H3,(H,23,26)(H,25,27). The monoisotopic (exact) mass is 400 g/mol. The maximum Gasteiger partial charge on any atom is 0.329 e. The highest BCUT2D eigenvalue weighted by Crippen LogP contribution is 2.20. The summed E-state index contributed by atoms with van der Waals surface area (Å²) < 4.78 is 0. The molecule has 2 aromatic carbocycles. The van der Waals surface area contributed by atoms with Crippen LogP contribution in [0.2, 0.25) is 10.2 Å². The lowest BCUT2D eigenvalue weighted by atomic mass is 10.1. The fourth-order valence-corrected chi connectivity index (χ4v) is 2.61. The van der Waals surface area contributed by atoms with Crippen LogP contribution in [-0.2, 0) is 9.59 Å². The van der Waals surface area contributed by atoms with Gasteiger partial charge in [0.1, 0.15) is 5.15 Å². The second kappa shape index (κ2) is 8.16. The molecular formula is C19H14Cl2N4O2. The van der Waals surface area contributed by atoms with Crippen LogP contribution >= 0.6 is 23.2 Å². The summed E-state index contributed by atoms with van der Waals surface area (Å²) in [4.78, 5) is 28.0. The second-order valence-corrected chi connectivity index (χ2v) is 6.52. The molecule has 2 N–H and O–H groups in total. The normalized spacial score (nSPS) is 10.9. The highest BCUT2D eigenvalue weighted by molar-refractivity contribution is 6.39. The van der Waals surface area contributed by atoms with Crippen molar-refractivity contribution >= 4 is 57.8 Å². The van der Waals surface area contributed by atoms with Crippen molar-refractivity contribution in [3.63, 3.8) is 0 Å². The van der Waals surface area contributed by atoms with E-state index in [0.717, 1.165) is 16.5 Å². The molecule has 0 aliphatic rings. The van der Waals surface area contributed by atoms with Gasteiger partial charge in [-0.3, -0.25) is 9.59 Å². The number of aromatic nitrogens is 1. The van der Waals surface area contributed by atoms with Crippen LogP contribution in [0.4, 0.5) is 5.69 Å². The Morgan fingerprint density at radius 3 is 2.52 bits per heavy atom. The van der Waals surface area contributed by atoms with E-state index in [4.69, 9.17) is 23.2 Å². The summed E-state index contributed by atoms with van der Waals surface area (Å²) in [6.45, 7) is 1.97. The zero-order valence-corrected chi connectivity index (χ0v) is 15.7. The van der Waals surface area contributed by atoms with Gasteiger partial charge in [-0.2, -0.15) is 5.10 Å². The Kier molecular flexibility index (Phi) is 5.69. The molecule has 0 saturated carbocycles. The highest BCUT2D eigenvalue weighted by atomic mass is 35.5. The molecule has 3 rings (SSSR count). The molecule has 136 valence electrons. The molecule has 0 unspecified atom stereocenters. The summed E-state index contributed by atoms with van der Waals surface area (Å²) in [5.74, 6) is -1.77. The van der Waals surface area contributed by atoms with Gasteiger partial charge in [-0.25, -0.2) is 10.4 Å². The quantitative estimate of drug-likeness (QED) is 0.302. The molecule has 27 heavy (non-hydrogen) atoms. The minimum atomic E-state index is -0.915. The van der Waals surface area contributed by atoms with Crippen LogP contribution in [0.1, 0.15) is 11.1 Å². The molecule has 1 heterocycles. The number of rotatable bonds is 3. The fraction of sp³-hybridized carbons (Fsp3) is 0.0526. The number of hydrogen-bond donors (Lipinski definition) is 2. The van der Waals surface area contributed by atoms with Crippen LogP contribution in [0, 0.1) is 6.92 Å². The smallest absolute Gasteiger partial charge is 0.318 e. The van der Waals surface area contributed by atoms with Crippen LogP contribution in [0.5, 0.6) is 0 Å². The Balaban J connectivity index is 1.65. The zero-order valence-electron chi connectivity index (χ0n) is 14.2. The van der Waals surface area contributed by atoms with Crippen molar-refractivity contribution in [1.29, 1.82) is 0 Å². The van der Waals surface area contributed by atoms with E-state index in [2.05, 4.69) is 20.8 Å². The number of carbonyl (C=O) groups is 2. The molecule has 0 aliphatic heterocycles. The van der Waals surface area contributed by atoms with E-state index in [9.17, 15) is 9.59 Å². The molecule has 0 spiro atoms. The van der Waals surface area contributed by atoms with Crippen molar-refractivity contribution in [2.75, 3.05) is 5.32 Å². The summed E-state index contributed by atoms with van der Waals surface area (Å²) in [6.07, 6.45) is 1.34. The third-order valence-electron chi connectivity index (χ3n) is 3.63. The van der Waals surface area contributed by atoms with Gasteiger partial charge in [-0.05, 0) is 48.9 Å². The Bertz CT molecular complexity index is 1050. The number of fused-ring (bicyclic) bond motifs is 1. The van der Waals surface area contributed by atoms with Gasteiger partial charge in [0.05, 0.1) is 11.7 Å². The molecule has 0 saturated heterocycles. The minimum Gasteiger partial charge on any atom is -0.318 e. The number of benzene rings is 2. The van der Waals surface area contributed by atoms with E-state index in [1.54, 1.807) is 30.3 Å². The predicted molar refractivity (Wildman–Crippen MR) is 107 cm³/mol. The Morgan fingerprint density at radius 1 is 1.04 bits per heavy atom. The molecule has 2 amide bonds. The lowest BCUT2D eigenvalue weighted by molar-refractivity contribution is -0.136. The average Bonchev–Trinajstić information content (AvgIpc) is 2.64. The molecule has 0 fully saturated rings. The Labute approximate surface area is 165 Å². The van der Waals surface area contributed by atoms with Crippen LogP contribution in [0.15, 0.2) is 53.6 Å². The van der Waals surface area contributed by atoms with Crippen molar-refractivity contribution in [2.24, 2.45) is 5.10 Å². The number of hydrazone groups is 1. The van der Waals surface area contributed by atoms with Gasteiger partial charge in [-0.1, -0.05) is 35.3 Å². The van der Waals surface area contributed by atoms with E-state index in [1.807, 2.05) is 25.1 Å². The number of carbonyl (C=O) groups excluding carboxylic acids is 2. The minimum absolute atomic E-state index is 0.247. The van der Waals surface area contributed by atoms with Gasteiger partial charge in [0, 0.05) is 21.7 Å². The van der Waals surface area contributed by atoms with E-state index < -0.39 is 11.8 Å². The predicted octanol–water partition coefficient (Wildman–Crippen LogP) is 3.94. The van der Waals surface area contributed by atoms with Crippen molar-refractivity contribution in [2.45, 2.75) is 6.92 Å². The third-order valence-corrected chi connectivity index (χ3v) is 4.19. The summed E-state index contributed by atoms with van der Waals surface area (Å²) in [5, 5.41) is 7.87. The number of anilines is 1. The molecular weight excluding hydrogens is 387 g/mol. The van der Waals surface area contributed by atoms with Crippen LogP contribution in [0.25, 0.3) is 10.9 Å². The van der Waals surface area contributed by atoms with Gasteiger partial charge < -0.3 is 5.32 Å². The number of halogens is 2. The van der Waals surface area contributed by atoms with Crippen molar-refractivity contribution < 1.29 is 9.59 Å². The van der Waals surface area contributed by atoms with E-state index in [-0.39, 0.29) is 5.15 Å². The molecule has 0 radical (unpaired) electrons. The van der Waals surface area contributed by atoms with Crippen LogP contribution in [-0.4, -0.2) is 23.0 Å². The summed E-state index contributed by atoms with van der Waals surface area (Å²) in [7, 11) is 0. The molecule has 0 aliphatic carbocycles. The Morgan fingerprint density at radius 2 is 1.78 bits per heavy atom. The summed E-state index contributed by atoms with van der Waals surface area (Å²) in [6, 6.07) is 14.0. The molecule has 0 atom stereocenters. The number of hydrogen-bond acceptors (Lipinski definition) is 4. The Hall–Kier alpha value is -2.96. The maximum atomic E-state index is 11.8. The lowest BCUT2D eigenvalue weighted by Crippen LogP contribution is -2.32. The van der Waals surface area contributed by atoms with Gasteiger partial charge in [0.25, 0.3) is 0 Å². The first-order valence-electron chi connectivity index (χ1n) is 7.89. The van der Waals surface area contributed by atoms with Crippen LogP contribution in [0.3, 0.4) is 0 Å². The molecule has 6 nitrogen and oxygen atoms in total. The third kappa shape index (κ3) is 4.81. The van der Waals surface area contributed by atoms with E-state index in [1.165, 1.54) is 6.21 Å². The molecule has 3 aromatic rings. The highest BCUT2D eigenvalue weighted by Gasteiger charge is 2.13. The zero-order chi connectivity index (χ0) is 19.4. The summed E-state index contributed by atoms with van der Waals surface area (Å²) in [5.41, 5.74) is 4.96. The number of pyridine rings is 1. The number of aryl methyl sites for hydroxylation is 1. The summed E-state index contributed by atoms with van der Waals surface area (Å²) >= 11 is 11.9. The molecule has 1 aromatic heterocycles. The molecule has 0 bridgehead atoms. The van der Waals surface area contributed by atoms with Crippen LogP contribution < -0.4 is 10.7 Å². The first-order chi connectivity index (χ1) is 12.9. The molecule has 8 heteroatoms. The van der Waals surface area contributed by atoms with Gasteiger partial charge in [-0.15, -0.1) is 0 Å². The first-order valence-corrected chi connectivity index (χ1v) is 8.65. The van der Waals surface area contributed by atoms with Gasteiger partial charge in [0.15, 0.2) is 0 Å². The number of nitrogens with zero attached hydrogens (tertiary/aromatic N) is 2. The largest absolute Gasteiger partial charge is 0.329 e. The van der Waals surface area contributed by atoms with E-state index in [0.29, 0.717) is 16.3 Å².